The fourth-order valence-corrected chi connectivity index (χ4v) is 4.36. The highest BCUT2D eigenvalue weighted by molar-refractivity contribution is 9.10. The van der Waals surface area contributed by atoms with Crippen molar-refractivity contribution in [2.75, 3.05) is 11.2 Å². The van der Waals surface area contributed by atoms with E-state index in [0.717, 1.165) is 20.6 Å². The van der Waals surface area contributed by atoms with Crippen LogP contribution in [0.2, 0.25) is 0 Å². The smallest absolute Gasteiger partial charge is 0.268 e. The van der Waals surface area contributed by atoms with Crippen LogP contribution in [0.4, 0.5) is 5.69 Å². The zero-order valence-electron chi connectivity index (χ0n) is 12.2. The predicted octanol–water partition coefficient (Wildman–Crippen LogP) is 5.58. The lowest BCUT2D eigenvalue weighted by Gasteiger charge is -2.15. The molecular formula is C17H12BrNOS3. The van der Waals surface area contributed by atoms with Gasteiger partial charge in [0.05, 0.1) is 10.6 Å². The van der Waals surface area contributed by atoms with Crippen molar-refractivity contribution < 1.29 is 4.79 Å². The van der Waals surface area contributed by atoms with Crippen LogP contribution in [0.25, 0.3) is 6.08 Å². The lowest BCUT2D eigenvalue weighted by molar-refractivity contribution is -0.113. The number of hydrogen-bond acceptors (Lipinski definition) is 4. The predicted molar refractivity (Wildman–Crippen MR) is 108 cm³/mol. The lowest BCUT2D eigenvalue weighted by atomic mass is 10.2. The number of benzene rings is 2. The number of carbonyl (C=O) groups is 1. The van der Waals surface area contributed by atoms with E-state index in [1.807, 2.05) is 60.9 Å². The van der Waals surface area contributed by atoms with Crippen molar-refractivity contribution in [3.63, 3.8) is 0 Å². The van der Waals surface area contributed by atoms with Gasteiger partial charge in [-0.3, -0.25) is 9.69 Å². The van der Waals surface area contributed by atoms with Gasteiger partial charge in [-0.05, 0) is 48.2 Å². The van der Waals surface area contributed by atoms with Crippen molar-refractivity contribution in [2.24, 2.45) is 0 Å². The number of nitrogens with zero attached hydrogens (tertiary/aromatic N) is 1. The maximum Gasteiger partial charge on any atom is 0.270 e. The van der Waals surface area contributed by atoms with Gasteiger partial charge in [-0.15, -0.1) is 11.8 Å². The van der Waals surface area contributed by atoms with Crippen LogP contribution in [-0.4, -0.2) is 16.5 Å². The van der Waals surface area contributed by atoms with Crippen LogP contribution in [0.5, 0.6) is 0 Å². The molecule has 1 fully saturated rings. The first kappa shape index (κ1) is 16.8. The van der Waals surface area contributed by atoms with Gasteiger partial charge in [-0.25, -0.2) is 0 Å². The standard InChI is InChI=1S/C17H12BrNOS3/c1-22-14-7-3-6-13(10-14)19-16(20)15(23-17(19)21)9-11-4-2-5-12(18)8-11/h2-10H,1H3/b15-9+. The normalized spacial score (nSPS) is 16.4. The Morgan fingerprint density at radius 3 is 2.74 bits per heavy atom. The van der Waals surface area contributed by atoms with E-state index in [9.17, 15) is 4.79 Å². The van der Waals surface area contributed by atoms with Gasteiger partial charge in [0.15, 0.2) is 4.32 Å². The van der Waals surface area contributed by atoms with Gasteiger partial charge in [0, 0.05) is 9.37 Å². The Kier molecular flexibility index (Phi) is 5.26. The van der Waals surface area contributed by atoms with E-state index in [1.54, 1.807) is 16.7 Å². The van der Waals surface area contributed by atoms with E-state index >= 15 is 0 Å². The van der Waals surface area contributed by atoms with Crippen molar-refractivity contribution in [3.8, 4) is 0 Å². The Balaban J connectivity index is 1.93. The largest absolute Gasteiger partial charge is 0.270 e. The number of rotatable bonds is 3. The second kappa shape index (κ2) is 7.21. The fraction of sp³-hybridized carbons (Fsp3) is 0.0588. The van der Waals surface area contributed by atoms with Gasteiger partial charge in [-0.2, -0.15) is 0 Å². The highest BCUT2D eigenvalue weighted by Crippen LogP contribution is 2.37. The van der Waals surface area contributed by atoms with E-state index in [-0.39, 0.29) is 5.91 Å². The number of thioether (sulfide) groups is 2. The Morgan fingerprint density at radius 2 is 2.00 bits per heavy atom. The van der Waals surface area contributed by atoms with Crippen LogP contribution in [0.1, 0.15) is 5.56 Å². The Labute approximate surface area is 157 Å². The molecule has 0 spiro atoms. The summed E-state index contributed by atoms with van der Waals surface area (Å²) in [5.74, 6) is -0.0711. The third-order valence-electron chi connectivity index (χ3n) is 3.25. The third-order valence-corrected chi connectivity index (χ3v) is 5.77. The highest BCUT2D eigenvalue weighted by Gasteiger charge is 2.33. The van der Waals surface area contributed by atoms with E-state index in [1.165, 1.54) is 11.8 Å². The molecule has 23 heavy (non-hydrogen) atoms. The molecule has 0 saturated carbocycles. The molecule has 0 aliphatic carbocycles. The zero-order valence-corrected chi connectivity index (χ0v) is 16.2. The molecule has 1 aliphatic rings. The summed E-state index contributed by atoms with van der Waals surface area (Å²) >= 11 is 11.8. The van der Waals surface area contributed by atoms with Crippen LogP contribution >= 0.6 is 51.7 Å². The minimum Gasteiger partial charge on any atom is -0.268 e. The molecule has 116 valence electrons. The molecule has 2 nitrogen and oxygen atoms in total. The molecule has 2 aromatic carbocycles. The van der Waals surface area contributed by atoms with Gasteiger partial charge in [0.1, 0.15) is 0 Å². The van der Waals surface area contributed by atoms with E-state index in [0.29, 0.717) is 9.23 Å². The SMILES string of the molecule is CSc1cccc(N2C(=O)/C(=C\c3cccc(Br)c3)SC2=S)c1. The molecule has 0 aromatic heterocycles. The monoisotopic (exact) mass is 421 g/mol. The lowest BCUT2D eigenvalue weighted by Crippen LogP contribution is -2.27. The minimum absolute atomic E-state index is 0.0711. The minimum atomic E-state index is -0.0711. The maximum atomic E-state index is 12.7. The van der Waals surface area contributed by atoms with Gasteiger partial charge in [0.2, 0.25) is 0 Å². The molecule has 0 unspecified atom stereocenters. The zero-order chi connectivity index (χ0) is 16.4. The van der Waals surface area contributed by atoms with Crippen LogP contribution in [-0.2, 0) is 4.79 Å². The van der Waals surface area contributed by atoms with E-state index in [4.69, 9.17) is 12.2 Å². The van der Waals surface area contributed by atoms with E-state index in [2.05, 4.69) is 15.9 Å². The van der Waals surface area contributed by atoms with Crippen molar-refractivity contribution in [1.29, 1.82) is 0 Å². The number of amides is 1. The Hall–Kier alpha value is -1.08. The molecular weight excluding hydrogens is 410 g/mol. The first-order chi connectivity index (χ1) is 11.1. The molecule has 0 radical (unpaired) electrons. The fourth-order valence-electron chi connectivity index (χ4n) is 2.19. The summed E-state index contributed by atoms with van der Waals surface area (Å²) in [6, 6.07) is 15.7. The molecule has 1 amide bonds. The molecule has 0 atom stereocenters. The maximum absolute atomic E-state index is 12.7. The molecule has 6 heteroatoms. The molecule has 1 aliphatic heterocycles. The number of halogens is 1. The average Bonchev–Trinajstić information content (AvgIpc) is 2.81. The summed E-state index contributed by atoms with van der Waals surface area (Å²) < 4.78 is 1.55. The van der Waals surface area contributed by atoms with E-state index < -0.39 is 0 Å². The number of anilines is 1. The molecule has 1 saturated heterocycles. The van der Waals surface area contributed by atoms with Crippen LogP contribution in [0.15, 0.2) is 62.8 Å². The molecule has 1 heterocycles. The molecule has 3 rings (SSSR count). The summed E-state index contributed by atoms with van der Waals surface area (Å²) in [7, 11) is 0. The first-order valence-electron chi connectivity index (χ1n) is 6.76. The second-order valence-corrected chi connectivity index (χ2v) is 8.24. The van der Waals surface area contributed by atoms with Crippen molar-refractivity contribution >= 4 is 73.7 Å². The third kappa shape index (κ3) is 3.71. The van der Waals surface area contributed by atoms with Crippen LogP contribution < -0.4 is 4.90 Å². The van der Waals surface area contributed by atoms with Crippen molar-refractivity contribution in [3.05, 3.63) is 63.5 Å². The van der Waals surface area contributed by atoms with Crippen molar-refractivity contribution in [2.45, 2.75) is 4.90 Å². The van der Waals surface area contributed by atoms with Gasteiger partial charge >= 0.3 is 0 Å². The molecule has 2 aromatic rings. The Bertz CT molecular complexity index is 819. The number of thiocarbonyl (C=S) groups is 1. The first-order valence-corrected chi connectivity index (χ1v) is 10.0. The van der Waals surface area contributed by atoms with Crippen molar-refractivity contribution in [1.82, 2.24) is 0 Å². The molecule has 0 N–H and O–H groups in total. The average molecular weight is 422 g/mol. The number of carbonyl (C=O) groups excluding carboxylic acids is 1. The summed E-state index contributed by atoms with van der Waals surface area (Å²) in [6.45, 7) is 0. The summed E-state index contributed by atoms with van der Waals surface area (Å²) in [5, 5.41) is 0. The number of hydrogen-bond donors (Lipinski definition) is 0. The quantitative estimate of drug-likeness (QED) is 0.366. The highest BCUT2D eigenvalue weighted by atomic mass is 79.9. The van der Waals surface area contributed by atoms with Crippen LogP contribution in [0.3, 0.4) is 0 Å². The summed E-state index contributed by atoms with van der Waals surface area (Å²) in [6.07, 6.45) is 3.89. The summed E-state index contributed by atoms with van der Waals surface area (Å²) in [4.78, 5) is 16.1. The van der Waals surface area contributed by atoms with Crippen LogP contribution in [0, 0.1) is 0 Å². The Morgan fingerprint density at radius 1 is 1.22 bits per heavy atom. The summed E-state index contributed by atoms with van der Waals surface area (Å²) in [5.41, 5.74) is 1.79. The van der Waals surface area contributed by atoms with Gasteiger partial charge in [-0.1, -0.05) is 58.1 Å². The van der Waals surface area contributed by atoms with Gasteiger partial charge in [0.25, 0.3) is 5.91 Å². The topological polar surface area (TPSA) is 20.3 Å². The second-order valence-electron chi connectivity index (χ2n) is 4.77. The molecule has 0 bridgehead atoms. The van der Waals surface area contributed by atoms with Gasteiger partial charge < -0.3 is 0 Å².